The number of benzene rings is 1. The van der Waals surface area contributed by atoms with Crippen molar-refractivity contribution >= 4 is 17.7 Å². The molecule has 114 valence electrons. The Hall–Kier alpha value is -2.04. The summed E-state index contributed by atoms with van der Waals surface area (Å²) in [6, 6.07) is 4.84. The molecule has 0 fully saturated rings. The molecule has 21 heavy (non-hydrogen) atoms. The Morgan fingerprint density at radius 2 is 2.05 bits per heavy atom. The average Bonchev–Trinajstić information content (AvgIpc) is 2.91. The van der Waals surface area contributed by atoms with Gasteiger partial charge in [-0.3, -0.25) is 4.90 Å². The van der Waals surface area contributed by atoms with Gasteiger partial charge in [0.15, 0.2) is 0 Å². The van der Waals surface area contributed by atoms with Crippen LogP contribution in [-0.4, -0.2) is 30.2 Å². The number of rotatable bonds is 5. The Labute approximate surface area is 125 Å². The van der Waals surface area contributed by atoms with Crippen LogP contribution in [0, 0.1) is 5.92 Å². The fourth-order valence-electron chi connectivity index (χ4n) is 2.65. The smallest absolute Gasteiger partial charge is 0.335 e. The van der Waals surface area contributed by atoms with Crippen LogP contribution < -0.4 is 10.2 Å². The van der Waals surface area contributed by atoms with Gasteiger partial charge in [0.1, 0.15) is 0 Å². The number of urea groups is 1. The number of carboxylic acids is 1. The van der Waals surface area contributed by atoms with Crippen LogP contribution in [-0.2, 0) is 6.42 Å². The maximum Gasteiger partial charge on any atom is 0.335 e. The fraction of sp³-hybridized carbons (Fsp3) is 0.500. The molecule has 0 bridgehead atoms. The van der Waals surface area contributed by atoms with E-state index in [2.05, 4.69) is 19.2 Å². The molecule has 1 aliphatic rings. The summed E-state index contributed by atoms with van der Waals surface area (Å²) in [4.78, 5) is 24.9. The molecule has 0 unspecified atom stereocenters. The third kappa shape index (κ3) is 3.35. The van der Waals surface area contributed by atoms with Gasteiger partial charge in [-0.1, -0.05) is 26.7 Å². The van der Waals surface area contributed by atoms with E-state index in [1.165, 1.54) is 0 Å². The lowest BCUT2D eigenvalue weighted by Crippen LogP contribution is -2.41. The van der Waals surface area contributed by atoms with Crippen LogP contribution in [0.2, 0.25) is 0 Å². The molecule has 1 aliphatic heterocycles. The van der Waals surface area contributed by atoms with Crippen LogP contribution in [0.1, 0.15) is 42.6 Å². The van der Waals surface area contributed by atoms with Crippen molar-refractivity contribution in [2.75, 3.05) is 18.0 Å². The molecule has 0 saturated heterocycles. The summed E-state index contributed by atoms with van der Waals surface area (Å²) in [5.74, 6) is -0.431. The molecule has 0 aromatic heterocycles. The van der Waals surface area contributed by atoms with E-state index in [1.54, 1.807) is 23.1 Å². The summed E-state index contributed by atoms with van der Waals surface area (Å²) in [7, 11) is 0. The molecule has 2 rings (SSSR count). The third-order valence-electron chi connectivity index (χ3n) is 4.16. The molecule has 0 atom stereocenters. The highest BCUT2D eigenvalue weighted by atomic mass is 16.4. The van der Waals surface area contributed by atoms with Crippen LogP contribution in [0.15, 0.2) is 18.2 Å². The summed E-state index contributed by atoms with van der Waals surface area (Å²) in [5, 5.41) is 12.0. The lowest BCUT2D eigenvalue weighted by atomic mass is 10.0. The van der Waals surface area contributed by atoms with E-state index in [0.29, 0.717) is 25.4 Å². The number of carboxylic acid groups (broad SMARTS) is 1. The number of fused-ring (bicyclic) bond motifs is 1. The molecule has 0 saturated carbocycles. The quantitative estimate of drug-likeness (QED) is 0.876. The van der Waals surface area contributed by atoms with E-state index in [-0.39, 0.29) is 11.6 Å². The van der Waals surface area contributed by atoms with Crippen LogP contribution in [0.5, 0.6) is 0 Å². The molecular formula is C16H22N2O3. The first kappa shape index (κ1) is 15.4. The second kappa shape index (κ2) is 6.61. The number of hydrogen-bond donors (Lipinski definition) is 2. The zero-order chi connectivity index (χ0) is 15.4. The van der Waals surface area contributed by atoms with Crippen LogP contribution in [0.4, 0.5) is 10.5 Å². The van der Waals surface area contributed by atoms with Crippen LogP contribution in [0.25, 0.3) is 0 Å². The first-order chi connectivity index (χ1) is 10.1. The van der Waals surface area contributed by atoms with Crippen molar-refractivity contribution in [3.63, 3.8) is 0 Å². The van der Waals surface area contributed by atoms with E-state index >= 15 is 0 Å². The first-order valence-electron chi connectivity index (χ1n) is 7.48. The number of amides is 2. The van der Waals surface area contributed by atoms with Crippen molar-refractivity contribution < 1.29 is 14.7 Å². The standard InChI is InChI=1S/C16H22N2O3/c1-3-11(4-2)10-17-16(21)18-8-7-12-9-13(15(19)20)5-6-14(12)18/h5-6,9,11H,3-4,7-8,10H2,1-2H3,(H,17,21)(H,19,20). The number of anilines is 1. The Morgan fingerprint density at radius 1 is 1.33 bits per heavy atom. The molecule has 0 spiro atoms. The molecule has 1 aromatic carbocycles. The highest BCUT2D eigenvalue weighted by molar-refractivity contribution is 5.96. The van der Waals surface area contributed by atoms with Crippen molar-refractivity contribution in [3.05, 3.63) is 29.3 Å². The normalized spacial score (nSPS) is 13.4. The monoisotopic (exact) mass is 290 g/mol. The Balaban J connectivity index is 2.05. The minimum atomic E-state index is -0.936. The fourth-order valence-corrected chi connectivity index (χ4v) is 2.65. The van der Waals surface area contributed by atoms with E-state index in [0.717, 1.165) is 24.1 Å². The van der Waals surface area contributed by atoms with Crippen molar-refractivity contribution in [3.8, 4) is 0 Å². The van der Waals surface area contributed by atoms with Crippen molar-refractivity contribution in [2.24, 2.45) is 5.92 Å². The Morgan fingerprint density at radius 3 is 2.67 bits per heavy atom. The summed E-state index contributed by atoms with van der Waals surface area (Å²) >= 11 is 0. The molecule has 1 aromatic rings. The van der Waals surface area contributed by atoms with E-state index in [1.807, 2.05) is 0 Å². The summed E-state index contributed by atoms with van der Waals surface area (Å²) in [6.07, 6.45) is 2.81. The molecule has 0 radical (unpaired) electrons. The van der Waals surface area contributed by atoms with Gasteiger partial charge in [0, 0.05) is 18.8 Å². The summed E-state index contributed by atoms with van der Waals surface area (Å²) in [6.45, 7) is 5.54. The van der Waals surface area contributed by atoms with E-state index in [9.17, 15) is 9.59 Å². The number of nitrogens with one attached hydrogen (secondary N) is 1. The number of hydrogen-bond acceptors (Lipinski definition) is 2. The number of aromatic carboxylic acids is 1. The van der Waals surface area contributed by atoms with Gasteiger partial charge in [-0.15, -0.1) is 0 Å². The molecule has 2 N–H and O–H groups in total. The number of nitrogens with zero attached hydrogens (tertiary/aromatic N) is 1. The average molecular weight is 290 g/mol. The largest absolute Gasteiger partial charge is 0.478 e. The van der Waals surface area contributed by atoms with Crippen LogP contribution >= 0.6 is 0 Å². The molecule has 2 amide bonds. The highest BCUT2D eigenvalue weighted by Crippen LogP contribution is 2.28. The van der Waals surface area contributed by atoms with Crippen molar-refractivity contribution in [2.45, 2.75) is 33.1 Å². The van der Waals surface area contributed by atoms with Gasteiger partial charge in [-0.2, -0.15) is 0 Å². The van der Waals surface area contributed by atoms with Crippen molar-refractivity contribution in [1.29, 1.82) is 0 Å². The van der Waals surface area contributed by atoms with Gasteiger partial charge in [-0.05, 0) is 36.1 Å². The predicted molar refractivity (Wildman–Crippen MR) is 81.9 cm³/mol. The van der Waals surface area contributed by atoms with Gasteiger partial charge in [0.25, 0.3) is 0 Å². The van der Waals surface area contributed by atoms with Gasteiger partial charge >= 0.3 is 12.0 Å². The molecular weight excluding hydrogens is 268 g/mol. The SMILES string of the molecule is CCC(CC)CNC(=O)N1CCc2cc(C(=O)O)ccc21. The van der Waals surface area contributed by atoms with E-state index < -0.39 is 5.97 Å². The highest BCUT2D eigenvalue weighted by Gasteiger charge is 2.25. The first-order valence-corrected chi connectivity index (χ1v) is 7.48. The van der Waals surface area contributed by atoms with Gasteiger partial charge in [0.2, 0.25) is 0 Å². The van der Waals surface area contributed by atoms with E-state index in [4.69, 9.17) is 5.11 Å². The van der Waals surface area contributed by atoms with Gasteiger partial charge < -0.3 is 10.4 Å². The summed E-state index contributed by atoms with van der Waals surface area (Å²) < 4.78 is 0. The maximum atomic E-state index is 12.3. The Kier molecular flexibility index (Phi) is 4.83. The maximum absolute atomic E-state index is 12.3. The third-order valence-corrected chi connectivity index (χ3v) is 4.16. The molecule has 5 nitrogen and oxygen atoms in total. The minimum Gasteiger partial charge on any atom is -0.478 e. The zero-order valence-corrected chi connectivity index (χ0v) is 12.6. The second-order valence-electron chi connectivity index (χ2n) is 5.42. The minimum absolute atomic E-state index is 0.0938. The number of carbonyl (C=O) groups excluding carboxylic acids is 1. The predicted octanol–water partition coefficient (Wildman–Crippen LogP) is 2.89. The van der Waals surface area contributed by atoms with Crippen LogP contribution in [0.3, 0.4) is 0 Å². The Bertz CT molecular complexity index is 538. The van der Waals surface area contributed by atoms with Gasteiger partial charge in [0.05, 0.1) is 5.56 Å². The molecule has 5 heteroatoms. The second-order valence-corrected chi connectivity index (χ2v) is 5.42. The van der Waals surface area contributed by atoms with Gasteiger partial charge in [-0.25, -0.2) is 9.59 Å². The topological polar surface area (TPSA) is 69.6 Å². The summed E-state index contributed by atoms with van der Waals surface area (Å²) in [5.41, 5.74) is 2.02. The lowest BCUT2D eigenvalue weighted by molar-refractivity contribution is 0.0697. The molecule has 1 heterocycles. The van der Waals surface area contributed by atoms with Crippen molar-refractivity contribution in [1.82, 2.24) is 5.32 Å². The molecule has 0 aliphatic carbocycles. The number of carbonyl (C=O) groups is 2. The zero-order valence-electron chi connectivity index (χ0n) is 12.6. The lowest BCUT2D eigenvalue weighted by Gasteiger charge is -2.20.